The Morgan fingerprint density at radius 2 is 1.67 bits per heavy atom. The molecular weight excluding hydrogens is 265 g/mol. The molecule has 2 saturated heterocycles. The topological polar surface area (TPSA) is 39.7 Å². The van der Waals surface area contributed by atoms with Crippen molar-refractivity contribution in [1.29, 1.82) is 0 Å². The zero-order valence-corrected chi connectivity index (χ0v) is 13.3. The van der Waals surface area contributed by atoms with Crippen molar-refractivity contribution < 1.29 is 14.0 Å². The minimum Gasteiger partial charge on any atom is -0.493 e. The van der Waals surface area contributed by atoms with Crippen LogP contribution in [0.4, 0.5) is 0 Å². The van der Waals surface area contributed by atoms with Crippen molar-refractivity contribution in [1.82, 2.24) is 5.32 Å². The molecule has 0 spiro atoms. The van der Waals surface area contributed by atoms with Crippen LogP contribution in [0.3, 0.4) is 0 Å². The monoisotopic (exact) mass is 289 g/mol. The number of benzene rings is 1. The summed E-state index contributed by atoms with van der Waals surface area (Å²) in [6.07, 6.45) is 0. The molecule has 1 aromatic rings. The maximum Gasteiger partial charge on any atom is 0.494 e. The summed E-state index contributed by atoms with van der Waals surface area (Å²) in [5.41, 5.74) is 0.431. The number of hydrogen-bond acceptors (Lipinski definition) is 4. The highest BCUT2D eigenvalue weighted by Gasteiger charge is 2.51. The van der Waals surface area contributed by atoms with Crippen molar-refractivity contribution in [3.8, 4) is 5.75 Å². The smallest absolute Gasteiger partial charge is 0.493 e. The lowest BCUT2D eigenvalue weighted by atomic mass is 9.79. The van der Waals surface area contributed by atoms with E-state index in [0.29, 0.717) is 5.92 Å². The van der Waals surface area contributed by atoms with Gasteiger partial charge in [0.15, 0.2) is 0 Å². The van der Waals surface area contributed by atoms with Crippen LogP contribution in [-0.2, 0) is 9.31 Å². The molecule has 0 saturated carbocycles. The predicted octanol–water partition coefficient (Wildman–Crippen LogP) is 1.58. The van der Waals surface area contributed by atoms with Crippen LogP contribution in [0.1, 0.15) is 27.7 Å². The van der Waals surface area contributed by atoms with Gasteiger partial charge in [-0.1, -0.05) is 12.1 Å². The molecule has 2 heterocycles. The van der Waals surface area contributed by atoms with E-state index in [1.54, 1.807) is 0 Å². The molecule has 0 radical (unpaired) electrons. The molecule has 0 bridgehead atoms. The van der Waals surface area contributed by atoms with Crippen LogP contribution >= 0.6 is 0 Å². The van der Waals surface area contributed by atoms with Crippen molar-refractivity contribution in [3.05, 3.63) is 24.3 Å². The van der Waals surface area contributed by atoms with Crippen LogP contribution in [0.25, 0.3) is 0 Å². The van der Waals surface area contributed by atoms with Gasteiger partial charge in [-0.25, -0.2) is 0 Å². The number of ether oxygens (including phenoxy) is 1. The number of hydrogen-bond donors (Lipinski definition) is 1. The lowest BCUT2D eigenvalue weighted by molar-refractivity contribution is 0.00578. The Balaban J connectivity index is 1.62. The first-order chi connectivity index (χ1) is 9.87. The molecule has 2 fully saturated rings. The van der Waals surface area contributed by atoms with Gasteiger partial charge in [-0.3, -0.25) is 0 Å². The molecule has 0 unspecified atom stereocenters. The van der Waals surface area contributed by atoms with E-state index < -0.39 is 0 Å². The summed E-state index contributed by atoms with van der Waals surface area (Å²) < 4.78 is 17.9. The molecular formula is C16H24BNO3. The van der Waals surface area contributed by atoms with Crippen molar-refractivity contribution in [2.24, 2.45) is 5.92 Å². The fourth-order valence-electron chi connectivity index (χ4n) is 2.38. The largest absolute Gasteiger partial charge is 0.494 e. The normalized spacial score (nSPS) is 23.9. The van der Waals surface area contributed by atoms with E-state index in [-0.39, 0.29) is 18.3 Å². The molecule has 114 valence electrons. The van der Waals surface area contributed by atoms with Crippen LogP contribution in [0.5, 0.6) is 5.75 Å². The van der Waals surface area contributed by atoms with Gasteiger partial charge < -0.3 is 19.4 Å². The third kappa shape index (κ3) is 2.96. The summed E-state index contributed by atoms with van der Waals surface area (Å²) in [7, 11) is -0.306. The first-order valence-corrected chi connectivity index (χ1v) is 7.66. The average molecular weight is 289 g/mol. The van der Waals surface area contributed by atoms with Crippen LogP contribution in [0, 0.1) is 5.92 Å². The van der Waals surface area contributed by atoms with Crippen LogP contribution in [-0.4, -0.2) is 38.0 Å². The van der Waals surface area contributed by atoms with E-state index >= 15 is 0 Å². The fourth-order valence-corrected chi connectivity index (χ4v) is 2.38. The maximum atomic E-state index is 6.04. The van der Waals surface area contributed by atoms with Crippen molar-refractivity contribution >= 4 is 12.6 Å². The van der Waals surface area contributed by atoms with Gasteiger partial charge in [-0.05, 0) is 45.3 Å². The molecule has 21 heavy (non-hydrogen) atoms. The molecule has 4 nitrogen and oxygen atoms in total. The van der Waals surface area contributed by atoms with E-state index in [2.05, 4.69) is 33.0 Å². The third-order valence-electron chi connectivity index (χ3n) is 4.76. The quantitative estimate of drug-likeness (QED) is 0.854. The van der Waals surface area contributed by atoms with E-state index in [1.165, 1.54) is 0 Å². The first kappa shape index (κ1) is 14.9. The van der Waals surface area contributed by atoms with Crippen molar-refractivity contribution in [2.75, 3.05) is 19.7 Å². The Hall–Kier alpha value is -1.04. The lowest BCUT2D eigenvalue weighted by Gasteiger charge is -2.32. The highest BCUT2D eigenvalue weighted by Crippen LogP contribution is 2.36. The molecule has 5 heteroatoms. The van der Waals surface area contributed by atoms with Gasteiger partial charge in [0.2, 0.25) is 0 Å². The SMILES string of the molecule is CC1(C)OB(c2ccc(OCC3CNC3)cc2)OC1(C)C. The van der Waals surface area contributed by atoms with Gasteiger partial charge in [0.25, 0.3) is 0 Å². The van der Waals surface area contributed by atoms with Gasteiger partial charge in [0, 0.05) is 19.0 Å². The highest BCUT2D eigenvalue weighted by molar-refractivity contribution is 6.62. The van der Waals surface area contributed by atoms with Crippen molar-refractivity contribution in [3.63, 3.8) is 0 Å². The summed E-state index contributed by atoms with van der Waals surface area (Å²) in [4.78, 5) is 0. The Morgan fingerprint density at radius 1 is 1.10 bits per heavy atom. The highest BCUT2D eigenvalue weighted by atomic mass is 16.7. The Kier molecular flexibility index (Phi) is 3.76. The fraction of sp³-hybridized carbons (Fsp3) is 0.625. The van der Waals surface area contributed by atoms with E-state index in [9.17, 15) is 0 Å². The zero-order valence-electron chi connectivity index (χ0n) is 13.3. The zero-order chi connectivity index (χ0) is 15.1. The summed E-state index contributed by atoms with van der Waals surface area (Å²) in [5.74, 6) is 1.55. The molecule has 0 aromatic heterocycles. The molecule has 3 rings (SSSR count). The molecule has 1 N–H and O–H groups in total. The Morgan fingerprint density at radius 3 is 2.14 bits per heavy atom. The van der Waals surface area contributed by atoms with Gasteiger partial charge >= 0.3 is 7.12 Å². The summed E-state index contributed by atoms with van der Waals surface area (Å²) in [6.45, 7) is 11.2. The van der Waals surface area contributed by atoms with Gasteiger partial charge in [0.05, 0.1) is 17.8 Å². The lowest BCUT2D eigenvalue weighted by Crippen LogP contribution is -2.45. The molecule has 2 aliphatic heterocycles. The number of rotatable bonds is 4. The molecule has 0 amide bonds. The third-order valence-corrected chi connectivity index (χ3v) is 4.76. The molecule has 0 aliphatic carbocycles. The van der Waals surface area contributed by atoms with Crippen LogP contribution in [0.15, 0.2) is 24.3 Å². The second-order valence-electron chi connectivity index (χ2n) is 6.99. The van der Waals surface area contributed by atoms with Crippen LogP contribution < -0.4 is 15.5 Å². The summed E-state index contributed by atoms with van der Waals surface area (Å²) >= 11 is 0. The van der Waals surface area contributed by atoms with Crippen molar-refractivity contribution in [2.45, 2.75) is 38.9 Å². The average Bonchev–Trinajstić information content (AvgIpc) is 2.57. The van der Waals surface area contributed by atoms with E-state index in [4.69, 9.17) is 14.0 Å². The van der Waals surface area contributed by atoms with Gasteiger partial charge in [-0.15, -0.1) is 0 Å². The second-order valence-corrected chi connectivity index (χ2v) is 6.99. The standard InChI is InChI=1S/C16H24BNO3/c1-15(2)16(3,4)21-17(20-15)13-5-7-14(8-6-13)19-11-12-9-18-10-12/h5-8,12,18H,9-11H2,1-4H3. The molecule has 0 atom stereocenters. The minimum atomic E-state index is -0.306. The summed E-state index contributed by atoms with van der Waals surface area (Å²) in [5, 5.41) is 3.25. The Labute approximate surface area is 127 Å². The van der Waals surface area contributed by atoms with Gasteiger partial charge in [-0.2, -0.15) is 0 Å². The minimum absolute atomic E-state index is 0.302. The first-order valence-electron chi connectivity index (χ1n) is 7.66. The summed E-state index contributed by atoms with van der Waals surface area (Å²) in [6, 6.07) is 8.03. The van der Waals surface area contributed by atoms with Gasteiger partial charge in [0.1, 0.15) is 5.75 Å². The molecule has 1 aromatic carbocycles. The van der Waals surface area contributed by atoms with E-state index in [1.807, 2.05) is 24.3 Å². The number of nitrogens with one attached hydrogen (secondary N) is 1. The predicted molar refractivity (Wildman–Crippen MR) is 84.0 cm³/mol. The Bertz CT molecular complexity index is 481. The molecule has 2 aliphatic rings. The van der Waals surface area contributed by atoms with E-state index in [0.717, 1.165) is 30.9 Å². The second kappa shape index (κ2) is 5.31. The van der Waals surface area contributed by atoms with Crippen LogP contribution in [0.2, 0.25) is 0 Å². The maximum absolute atomic E-state index is 6.04.